The summed E-state index contributed by atoms with van der Waals surface area (Å²) in [5, 5.41) is 5.36. The Hall–Kier alpha value is -1.82. The van der Waals surface area contributed by atoms with Crippen molar-refractivity contribution in [2.45, 2.75) is 45.8 Å². The molecule has 1 unspecified atom stereocenters. The first-order valence-corrected chi connectivity index (χ1v) is 6.14. The fourth-order valence-corrected chi connectivity index (χ4v) is 1.42. The minimum atomic E-state index is -0.641. The Balaban J connectivity index is 2.59. The van der Waals surface area contributed by atoms with Gasteiger partial charge in [0.1, 0.15) is 11.8 Å². The van der Waals surface area contributed by atoms with E-state index in [1.54, 1.807) is 13.0 Å². The zero-order chi connectivity index (χ0) is 14.6. The molecule has 0 aliphatic carbocycles. The second kappa shape index (κ2) is 5.88. The van der Waals surface area contributed by atoms with Gasteiger partial charge in [-0.05, 0) is 39.8 Å². The average molecular weight is 267 g/mol. The Labute approximate surface area is 112 Å². The summed E-state index contributed by atoms with van der Waals surface area (Å²) in [5.74, 6) is -0.00415. The van der Waals surface area contributed by atoms with Gasteiger partial charge < -0.3 is 20.8 Å². The lowest BCUT2D eigenvalue weighted by molar-refractivity contribution is -0.124. The van der Waals surface area contributed by atoms with Crippen molar-refractivity contribution in [1.29, 1.82) is 0 Å². The van der Waals surface area contributed by atoms with Crippen LogP contribution in [0.4, 0.5) is 0 Å². The highest BCUT2D eigenvalue weighted by Gasteiger charge is 2.22. The fourth-order valence-electron chi connectivity index (χ4n) is 1.42. The SMILES string of the molecule is CC(NC(=O)c1ccc(CN)o1)C(=O)NC(C)(C)C. The number of amides is 2. The zero-order valence-corrected chi connectivity index (χ0v) is 11.7. The quantitative estimate of drug-likeness (QED) is 0.750. The van der Waals surface area contributed by atoms with Crippen LogP contribution in [-0.2, 0) is 11.3 Å². The summed E-state index contributed by atoms with van der Waals surface area (Å²) in [6.07, 6.45) is 0. The van der Waals surface area contributed by atoms with Crippen molar-refractivity contribution in [3.8, 4) is 0 Å². The van der Waals surface area contributed by atoms with E-state index in [1.807, 2.05) is 20.8 Å². The molecule has 0 spiro atoms. The summed E-state index contributed by atoms with van der Waals surface area (Å²) in [4.78, 5) is 23.6. The van der Waals surface area contributed by atoms with Gasteiger partial charge in [0.15, 0.2) is 5.76 Å². The van der Waals surface area contributed by atoms with Crippen LogP contribution in [-0.4, -0.2) is 23.4 Å². The summed E-state index contributed by atoms with van der Waals surface area (Å²) in [5.41, 5.74) is 5.05. The van der Waals surface area contributed by atoms with E-state index in [-0.39, 0.29) is 23.8 Å². The summed E-state index contributed by atoms with van der Waals surface area (Å²) >= 11 is 0. The number of hydrogen-bond acceptors (Lipinski definition) is 4. The molecule has 1 atom stereocenters. The number of hydrogen-bond donors (Lipinski definition) is 3. The second-order valence-electron chi connectivity index (χ2n) is 5.40. The fraction of sp³-hybridized carbons (Fsp3) is 0.538. The van der Waals surface area contributed by atoms with Crippen LogP contribution in [0.15, 0.2) is 16.5 Å². The lowest BCUT2D eigenvalue weighted by Gasteiger charge is -2.23. The van der Waals surface area contributed by atoms with Crippen molar-refractivity contribution in [2.75, 3.05) is 0 Å². The van der Waals surface area contributed by atoms with Crippen LogP contribution in [0.25, 0.3) is 0 Å². The van der Waals surface area contributed by atoms with E-state index in [9.17, 15) is 9.59 Å². The Bertz CT molecular complexity index is 460. The molecule has 6 heteroatoms. The third-order valence-corrected chi connectivity index (χ3v) is 2.33. The van der Waals surface area contributed by atoms with E-state index in [2.05, 4.69) is 10.6 Å². The van der Waals surface area contributed by atoms with Gasteiger partial charge in [0.2, 0.25) is 5.91 Å². The largest absolute Gasteiger partial charge is 0.455 e. The molecular formula is C13H21N3O3. The van der Waals surface area contributed by atoms with E-state index in [1.165, 1.54) is 6.07 Å². The van der Waals surface area contributed by atoms with Crippen molar-refractivity contribution >= 4 is 11.8 Å². The highest BCUT2D eigenvalue weighted by molar-refractivity contribution is 5.95. The summed E-state index contributed by atoms with van der Waals surface area (Å²) in [6, 6.07) is 2.53. The lowest BCUT2D eigenvalue weighted by Crippen LogP contribution is -2.50. The van der Waals surface area contributed by atoms with Gasteiger partial charge in [-0.3, -0.25) is 9.59 Å². The maximum absolute atomic E-state index is 11.8. The minimum absolute atomic E-state index is 0.149. The molecule has 0 radical (unpaired) electrons. The molecule has 1 aromatic rings. The van der Waals surface area contributed by atoms with Crippen LogP contribution in [0, 0.1) is 0 Å². The third-order valence-electron chi connectivity index (χ3n) is 2.33. The third kappa shape index (κ3) is 4.75. The molecule has 1 heterocycles. The standard InChI is InChI=1S/C13H21N3O3/c1-8(11(17)16-13(2,3)4)15-12(18)10-6-5-9(7-14)19-10/h5-6,8H,7,14H2,1-4H3,(H,15,18)(H,16,17). The Morgan fingerprint density at radius 2 is 2.00 bits per heavy atom. The van der Waals surface area contributed by atoms with E-state index >= 15 is 0 Å². The Morgan fingerprint density at radius 3 is 2.47 bits per heavy atom. The summed E-state index contributed by atoms with van der Waals surface area (Å²) in [7, 11) is 0. The predicted molar refractivity (Wildman–Crippen MR) is 71.4 cm³/mol. The monoisotopic (exact) mass is 267 g/mol. The van der Waals surface area contributed by atoms with Crippen molar-refractivity contribution in [3.63, 3.8) is 0 Å². The van der Waals surface area contributed by atoms with Crippen LogP contribution in [0.5, 0.6) is 0 Å². The summed E-state index contributed by atoms with van der Waals surface area (Å²) < 4.78 is 5.21. The van der Waals surface area contributed by atoms with E-state index in [0.29, 0.717) is 5.76 Å². The highest BCUT2D eigenvalue weighted by Crippen LogP contribution is 2.07. The number of nitrogens with one attached hydrogen (secondary N) is 2. The molecule has 0 saturated heterocycles. The molecule has 0 aliphatic rings. The van der Waals surface area contributed by atoms with Crippen LogP contribution in [0.3, 0.4) is 0 Å². The van der Waals surface area contributed by atoms with Crippen LogP contribution >= 0.6 is 0 Å². The van der Waals surface area contributed by atoms with E-state index in [0.717, 1.165) is 0 Å². The van der Waals surface area contributed by atoms with Crippen molar-refractivity contribution in [2.24, 2.45) is 5.73 Å². The second-order valence-corrected chi connectivity index (χ2v) is 5.40. The van der Waals surface area contributed by atoms with Gasteiger partial charge in [0.25, 0.3) is 5.91 Å². The van der Waals surface area contributed by atoms with Gasteiger partial charge in [0.05, 0.1) is 6.54 Å². The molecule has 19 heavy (non-hydrogen) atoms. The molecule has 0 fully saturated rings. The number of nitrogens with two attached hydrogens (primary N) is 1. The molecule has 0 saturated carbocycles. The summed E-state index contributed by atoms with van der Waals surface area (Å²) in [6.45, 7) is 7.47. The Kier molecular flexibility index (Phi) is 4.72. The molecule has 4 N–H and O–H groups in total. The number of carbonyl (C=O) groups excluding carboxylic acids is 2. The molecule has 0 bridgehead atoms. The van der Waals surface area contributed by atoms with Crippen LogP contribution in [0.1, 0.15) is 44.0 Å². The van der Waals surface area contributed by atoms with Gasteiger partial charge in [-0.25, -0.2) is 0 Å². The predicted octanol–water partition coefficient (Wildman–Crippen LogP) is 0.771. The number of carbonyl (C=O) groups is 2. The Morgan fingerprint density at radius 1 is 1.37 bits per heavy atom. The van der Waals surface area contributed by atoms with E-state index in [4.69, 9.17) is 10.2 Å². The zero-order valence-electron chi connectivity index (χ0n) is 11.7. The van der Waals surface area contributed by atoms with Gasteiger partial charge >= 0.3 is 0 Å². The first-order valence-electron chi connectivity index (χ1n) is 6.14. The smallest absolute Gasteiger partial charge is 0.287 e. The molecule has 0 aliphatic heterocycles. The molecule has 2 amide bonds. The van der Waals surface area contributed by atoms with Crippen molar-refractivity contribution in [1.82, 2.24) is 10.6 Å². The molecule has 6 nitrogen and oxygen atoms in total. The van der Waals surface area contributed by atoms with E-state index < -0.39 is 11.9 Å². The van der Waals surface area contributed by atoms with Gasteiger partial charge in [0, 0.05) is 5.54 Å². The highest BCUT2D eigenvalue weighted by atomic mass is 16.4. The van der Waals surface area contributed by atoms with Gasteiger partial charge in [-0.1, -0.05) is 0 Å². The first kappa shape index (κ1) is 15.2. The topological polar surface area (TPSA) is 97.4 Å². The molecular weight excluding hydrogens is 246 g/mol. The molecule has 1 rings (SSSR count). The maximum Gasteiger partial charge on any atom is 0.287 e. The van der Waals surface area contributed by atoms with Crippen molar-refractivity contribution < 1.29 is 14.0 Å². The minimum Gasteiger partial charge on any atom is -0.455 e. The van der Waals surface area contributed by atoms with Gasteiger partial charge in [-0.2, -0.15) is 0 Å². The van der Waals surface area contributed by atoms with Crippen molar-refractivity contribution in [3.05, 3.63) is 23.7 Å². The molecule has 106 valence electrons. The average Bonchev–Trinajstić information content (AvgIpc) is 2.75. The lowest BCUT2D eigenvalue weighted by atomic mass is 10.1. The van der Waals surface area contributed by atoms with Gasteiger partial charge in [-0.15, -0.1) is 0 Å². The number of furan rings is 1. The maximum atomic E-state index is 11.8. The van der Waals surface area contributed by atoms with Crippen LogP contribution in [0.2, 0.25) is 0 Å². The van der Waals surface area contributed by atoms with Crippen LogP contribution < -0.4 is 16.4 Å². The first-order chi connectivity index (χ1) is 8.73. The number of rotatable bonds is 4. The molecule has 0 aromatic carbocycles. The normalized spacial score (nSPS) is 12.9. The molecule has 1 aromatic heterocycles.